The van der Waals surface area contributed by atoms with Crippen LogP contribution in [0.15, 0.2) is 54.9 Å². The van der Waals surface area contributed by atoms with Crippen molar-refractivity contribution in [2.24, 2.45) is 0 Å². The van der Waals surface area contributed by atoms with Gasteiger partial charge in [0, 0.05) is 23.8 Å². The van der Waals surface area contributed by atoms with E-state index in [0.29, 0.717) is 0 Å². The van der Waals surface area contributed by atoms with Gasteiger partial charge in [0.15, 0.2) is 0 Å². The molecular weight excluding hydrogens is 246 g/mol. The molecule has 0 aliphatic heterocycles. The number of nitrogens with zero attached hydrogens (tertiary/aromatic N) is 1. The van der Waals surface area contributed by atoms with Gasteiger partial charge in [-0.2, -0.15) is 0 Å². The molecule has 3 heteroatoms. The minimum absolute atomic E-state index is 0.938. The molecule has 0 saturated carbocycles. The number of aromatic nitrogens is 3. The Morgan fingerprint density at radius 1 is 0.650 bits per heavy atom. The highest BCUT2D eigenvalue weighted by Gasteiger charge is 1.93. The summed E-state index contributed by atoms with van der Waals surface area (Å²) in [5.74, 6) is 0. The fourth-order valence-corrected chi connectivity index (χ4v) is 1.90. The number of H-pyrrole nitrogens is 2. The van der Waals surface area contributed by atoms with Gasteiger partial charge in [0.05, 0.1) is 11.4 Å². The monoisotopic (exact) mass is 261 g/mol. The van der Waals surface area contributed by atoms with Crippen LogP contribution >= 0.6 is 0 Å². The Kier molecular flexibility index (Phi) is 3.60. The summed E-state index contributed by atoms with van der Waals surface area (Å²) in [6.45, 7) is 0. The molecule has 3 aromatic heterocycles. The normalized spacial score (nSPS) is 11.6. The molecule has 0 atom stereocenters. The number of hydrogen-bond acceptors (Lipinski definition) is 1. The summed E-state index contributed by atoms with van der Waals surface area (Å²) in [4.78, 5) is 10.8. The Labute approximate surface area is 117 Å². The van der Waals surface area contributed by atoms with Crippen molar-refractivity contribution < 1.29 is 0 Å². The second kappa shape index (κ2) is 5.89. The second-order valence-electron chi connectivity index (χ2n) is 4.40. The molecule has 98 valence electrons. The first-order valence-electron chi connectivity index (χ1n) is 6.50. The zero-order valence-electron chi connectivity index (χ0n) is 11.0. The van der Waals surface area contributed by atoms with Crippen LogP contribution in [-0.2, 0) is 0 Å². The van der Waals surface area contributed by atoms with Gasteiger partial charge in [-0.1, -0.05) is 6.07 Å². The van der Waals surface area contributed by atoms with Crippen molar-refractivity contribution in [3.8, 4) is 0 Å². The standard InChI is InChI=1S/C17H15N3/c1-4-16(10-8-14-6-2-12-18-14)20-17(5-1)11-9-15-7-3-13-19-15/h1-13,18-19H. The Morgan fingerprint density at radius 2 is 1.20 bits per heavy atom. The van der Waals surface area contributed by atoms with E-state index in [1.807, 2.05) is 79.2 Å². The first kappa shape index (κ1) is 12.2. The van der Waals surface area contributed by atoms with Gasteiger partial charge in [0.1, 0.15) is 0 Å². The van der Waals surface area contributed by atoms with E-state index in [4.69, 9.17) is 0 Å². The van der Waals surface area contributed by atoms with Gasteiger partial charge in [-0.3, -0.25) is 0 Å². The maximum Gasteiger partial charge on any atom is 0.0637 e. The molecule has 0 aliphatic carbocycles. The topological polar surface area (TPSA) is 44.5 Å². The van der Waals surface area contributed by atoms with Crippen LogP contribution in [0.4, 0.5) is 0 Å². The van der Waals surface area contributed by atoms with Crippen molar-refractivity contribution in [1.29, 1.82) is 0 Å². The minimum Gasteiger partial charge on any atom is -0.362 e. The predicted molar refractivity (Wildman–Crippen MR) is 83.7 cm³/mol. The van der Waals surface area contributed by atoms with Gasteiger partial charge >= 0.3 is 0 Å². The highest BCUT2D eigenvalue weighted by Crippen LogP contribution is 2.08. The zero-order valence-corrected chi connectivity index (χ0v) is 11.0. The Morgan fingerprint density at radius 3 is 1.65 bits per heavy atom. The minimum atomic E-state index is 0.938. The Bertz CT molecular complexity index is 645. The molecule has 0 aromatic carbocycles. The molecule has 0 unspecified atom stereocenters. The number of pyridine rings is 1. The molecule has 0 saturated heterocycles. The van der Waals surface area contributed by atoms with E-state index in [0.717, 1.165) is 22.8 Å². The highest BCUT2D eigenvalue weighted by molar-refractivity contribution is 5.69. The zero-order chi connectivity index (χ0) is 13.6. The van der Waals surface area contributed by atoms with Gasteiger partial charge in [-0.05, 0) is 60.7 Å². The number of rotatable bonds is 4. The Balaban J connectivity index is 1.76. The van der Waals surface area contributed by atoms with Crippen LogP contribution in [0.25, 0.3) is 24.3 Å². The smallest absolute Gasteiger partial charge is 0.0637 e. The predicted octanol–water partition coefficient (Wildman–Crippen LogP) is 4.08. The largest absolute Gasteiger partial charge is 0.362 e. The summed E-state index contributed by atoms with van der Waals surface area (Å²) >= 11 is 0. The Hall–Kier alpha value is -2.81. The maximum atomic E-state index is 4.57. The molecule has 3 aromatic rings. The molecule has 3 heterocycles. The molecule has 0 aliphatic rings. The summed E-state index contributed by atoms with van der Waals surface area (Å²) in [5.41, 5.74) is 4.01. The van der Waals surface area contributed by atoms with Crippen LogP contribution in [-0.4, -0.2) is 15.0 Å². The van der Waals surface area contributed by atoms with Crippen LogP contribution in [0.1, 0.15) is 22.8 Å². The molecule has 0 fully saturated rings. The van der Waals surface area contributed by atoms with Crippen molar-refractivity contribution in [3.05, 3.63) is 77.6 Å². The third kappa shape index (κ3) is 3.14. The summed E-state index contributed by atoms with van der Waals surface area (Å²) in [6.07, 6.45) is 11.8. The van der Waals surface area contributed by atoms with Gasteiger partial charge in [0.2, 0.25) is 0 Å². The SMILES string of the molecule is C(=Cc1ccc[nH]1)c1cccc(C=Cc2ccc[nH]2)n1. The average molecular weight is 261 g/mol. The summed E-state index contributed by atoms with van der Waals surface area (Å²) in [6, 6.07) is 14.0. The third-order valence-corrected chi connectivity index (χ3v) is 2.90. The van der Waals surface area contributed by atoms with Crippen molar-refractivity contribution in [1.82, 2.24) is 15.0 Å². The van der Waals surface area contributed by atoms with Gasteiger partial charge in [-0.15, -0.1) is 0 Å². The molecule has 0 radical (unpaired) electrons. The average Bonchev–Trinajstić information content (AvgIpc) is 3.17. The fourth-order valence-electron chi connectivity index (χ4n) is 1.90. The van der Waals surface area contributed by atoms with E-state index < -0.39 is 0 Å². The van der Waals surface area contributed by atoms with E-state index in [2.05, 4.69) is 15.0 Å². The number of nitrogens with one attached hydrogen (secondary N) is 2. The van der Waals surface area contributed by atoms with Crippen molar-refractivity contribution in [2.75, 3.05) is 0 Å². The van der Waals surface area contributed by atoms with Crippen LogP contribution in [0.5, 0.6) is 0 Å². The molecule has 3 rings (SSSR count). The quantitative estimate of drug-likeness (QED) is 0.730. The first-order chi connectivity index (χ1) is 9.90. The summed E-state index contributed by atoms with van der Waals surface area (Å²) in [5, 5.41) is 0. The van der Waals surface area contributed by atoms with Crippen LogP contribution in [0.2, 0.25) is 0 Å². The lowest BCUT2D eigenvalue weighted by Crippen LogP contribution is -1.84. The van der Waals surface area contributed by atoms with Gasteiger partial charge in [0.25, 0.3) is 0 Å². The van der Waals surface area contributed by atoms with Crippen LogP contribution in [0.3, 0.4) is 0 Å². The number of aromatic amines is 2. The molecule has 0 bridgehead atoms. The van der Waals surface area contributed by atoms with Crippen molar-refractivity contribution in [3.63, 3.8) is 0 Å². The molecule has 0 spiro atoms. The first-order valence-corrected chi connectivity index (χ1v) is 6.50. The van der Waals surface area contributed by atoms with E-state index in [1.165, 1.54) is 0 Å². The number of hydrogen-bond donors (Lipinski definition) is 2. The molecule has 2 N–H and O–H groups in total. The summed E-state index contributed by atoms with van der Waals surface area (Å²) in [7, 11) is 0. The van der Waals surface area contributed by atoms with E-state index >= 15 is 0 Å². The molecule has 20 heavy (non-hydrogen) atoms. The lowest BCUT2D eigenvalue weighted by atomic mass is 10.2. The molecule has 3 nitrogen and oxygen atoms in total. The fraction of sp³-hybridized carbons (Fsp3) is 0. The van der Waals surface area contributed by atoms with Crippen molar-refractivity contribution >= 4 is 24.3 Å². The molecular formula is C17H15N3. The van der Waals surface area contributed by atoms with E-state index in [-0.39, 0.29) is 0 Å². The van der Waals surface area contributed by atoms with Crippen LogP contribution < -0.4 is 0 Å². The van der Waals surface area contributed by atoms with E-state index in [9.17, 15) is 0 Å². The lowest BCUT2D eigenvalue weighted by molar-refractivity contribution is 1.27. The van der Waals surface area contributed by atoms with Gasteiger partial charge < -0.3 is 9.97 Å². The lowest BCUT2D eigenvalue weighted by Gasteiger charge is -1.96. The van der Waals surface area contributed by atoms with Crippen molar-refractivity contribution in [2.45, 2.75) is 0 Å². The van der Waals surface area contributed by atoms with Gasteiger partial charge in [-0.25, -0.2) is 4.98 Å². The third-order valence-electron chi connectivity index (χ3n) is 2.90. The molecule has 0 amide bonds. The second-order valence-corrected chi connectivity index (χ2v) is 4.40. The van der Waals surface area contributed by atoms with Crippen LogP contribution in [0, 0.1) is 0 Å². The maximum absolute atomic E-state index is 4.57. The summed E-state index contributed by atoms with van der Waals surface area (Å²) < 4.78 is 0. The van der Waals surface area contributed by atoms with E-state index in [1.54, 1.807) is 0 Å². The highest BCUT2D eigenvalue weighted by atomic mass is 14.7.